The topological polar surface area (TPSA) is 102 Å². The Morgan fingerprint density at radius 1 is 1.71 bits per heavy atom. The van der Waals surface area contributed by atoms with E-state index >= 15 is 0 Å². The van der Waals surface area contributed by atoms with E-state index in [0.717, 1.165) is 6.42 Å². The third-order valence-corrected chi connectivity index (χ3v) is 1.67. The molecule has 84 valence electrons. The fraction of sp³-hybridized carbons (Fsp3) is 1.00. The van der Waals surface area contributed by atoms with E-state index in [1.54, 1.807) is 0 Å². The standard InChI is InChI=1S/C7H14O3.HNO3/c1-6(3-8)2-7-4-9-5-10-7;2-1(3)4/h6-8H,2-5H2,1H3;(H,2,3,4). The summed E-state index contributed by atoms with van der Waals surface area (Å²) in [7, 11) is 0. The average Bonchev–Trinajstić information content (AvgIpc) is 2.55. The summed E-state index contributed by atoms with van der Waals surface area (Å²) in [6.45, 7) is 3.34. The van der Waals surface area contributed by atoms with Crippen LogP contribution in [0.25, 0.3) is 0 Å². The predicted molar refractivity (Wildman–Crippen MR) is 45.3 cm³/mol. The van der Waals surface area contributed by atoms with Crippen LogP contribution in [-0.4, -0.2) is 41.5 Å². The fourth-order valence-corrected chi connectivity index (χ4v) is 1.03. The number of hydrogen-bond acceptors (Lipinski definition) is 5. The van der Waals surface area contributed by atoms with Crippen LogP contribution < -0.4 is 0 Å². The van der Waals surface area contributed by atoms with Gasteiger partial charge < -0.3 is 19.8 Å². The number of aliphatic hydroxyl groups excluding tert-OH is 1. The van der Waals surface area contributed by atoms with Gasteiger partial charge in [-0.1, -0.05) is 6.92 Å². The first-order valence-corrected chi connectivity index (χ1v) is 4.19. The summed E-state index contributed by atoms with van der Waals surface area (Å²) in [6.07, 6.45) is 1.11. The molecule has 0 amide bonds. The quantitative estimate of drug-likeness (QED) is 0.502. The lowest BCUT2D eigenvalue weighted by Crippen LogP contribution is -2.15. The first-order chi connectivity index (χ1) is 6.56. The molecule has 7 nitrogen and oxygen atoms in total. The van der Waals surface area contributed by atoms with Crippen LogP contribution in [0, 0.1) is 16.0 Å². The summed E-state index contributed by atoms with van der Waals surface area (Å²) >= 11 is 0. The summed E-state index contributed by atoms with van der Waals surface area (Å²) in [5.74, 6) is 0.326. The lowest BCUT2D eigenvalue weighted by atomic mass is 10.1. The Labute approximate surface area is 81.4 Å². The lowest BCUT2D eigenvalue weighted by Gasteiger charge is -2.11. The molecule has 0 aromatic rings. The van der Waals surface area contributed by atoms with Crippen molar-refractivity contribution >= 4 is 0 Å². The lowest BCUT2D eigenvalue weighted by molar-refractivity contribution is -0.742. The van der Waals surface area contributed by atoms with Crippen molar-refractivity contribution in [3.05, 3.63) is 10.1 Å². The molecular weight excluding hydrogens is 194 g/mol. The number of ether oxygens (including phenoxy) is 2. The summed E-state index contributed by atoms with van der Waals surface area (Å²) in [5, 5.41) is 22.3. The Morgan fingerprint density at radius 3 is 2.64 bits per heavy atom. The first-order valence-electron chi connectivity index (χ1n) is 4.19. The SMILES string of the molecule is CC(CO)CC1COCO1.O=[N+]([O-])O. The minimum Gasteiger partial charge on any atom is -0.396 e. The third kappa shape index (κ3) is 7.71. The van der Waals surface area contributed by atoms with Gasteiger partial charge in [-0.15, -0.1) is 10.1 Å². The molecule has 0 saturated carbocycles. The van der Waals surface area contributed by atoms with E-state index in [0.29, 0.717) is 19.3 Å². The van der Waals surface area contributed by atoms with Crippen molar-refractivity contribution in [3.63, 3.8) is 0 Å². The molecule has 0 aromatic heterocycles. The second-order valence-corrected chi connectivity index (χ2v) is 3.04. The molecule has 2 unspecified atom stereocenters. The molecule has 1 aliphatic rings. The maximum absolute atomic E-state index is 8.70. The van der Waals surface area contributed by atoms with E-state index in [1.807, 2.05) is 6.92 Å². The Hall–Kier alpha value is -0.920. The molecule has 2 N–H and O–H groups in total. The zero-order valence-corrected chi connectivity index (χ0v) is 7.96. The normalized spacial score (nSPS) is 22.3. The van der Waals surface area contributed by atoms with Crippen LogP contribution in [0.2, 0.25) is 0 Å². The fourth-order valence-electron chi connectivity index (χ4n) is 1.03. The molecule has 0 spiro atoms. The van der Waals surface area contributed by atoms with E-state index in [1.165, 1.54) is 0 Å². The van der Waals surface area contributed by atoms with Gasteiger partial charge in [0.15, 0.2) is 0 Å². The van der Waals surface area contributed by atoms with Gasteiger partial charge in [-0.3, -0.25) is 0 Å². The van der Waals surface area contributed by atoms with Crippen molar-refractivity contribution in [1.29, 1.82) is 0 Å². The molecular formula is C7H15NO6. The molecule has 1 aliphatic heterocycles. The molecule has 7 heteroatoms. The Bertz CT molecular complexity index is 154. The van der Waals surface area contributed by atoms with Gasteiger partial charge in [0.05, 0.1) is 12.7 Å². The highest BCUT2D eigenvalue weighted by Gasteiger charge is 2.18. The van der Waals surface area contributed by atoms with E-state index < -0.39 is 5.09 Å². The molecule has 2 atom stereocenters. The largest absolute Gasteiger partial charge is 0.396 e. The smallest absolute Gasteiger partial charge is 0.291 e. The van der Waals surface area contributed by atoms with Gasteiger partial charge in [0.25, 0.3) is 5.09 Å². The average molecular weight is 209 g/mol. The van der Waals surface area contributed by atoms with Crippen molar-refractivity contribution in [1.82, 2.24) is 0 Å². The number of hydrogen-bond donors (Lipinski definition) is 2. The Morgan fingerprint density at radius 2 is 2.29 bits per heavy atom. The van der Waals surface area contributed by atoms with Gasteiger partial charge in [0.1, 0.15) is 6.79 Å². The van der Waals surface area contributed by atoms with Gasteiger partial charge in [-0.2, -0.15) is 0 Å². The maximum Gasteiger partial charge on any atom is 0.291 e. The number of nitrogens with zero attached hydrogens (tertiary/aromatic N) is 1. The second-order valence-electron chi connectivity index (χ2n) is 3.04. The first kappa shape index (κ1) is 13.1. The molecule has 0 radical (unpaired) electrons. The van der Waals surface area contributed by atoms with Crippen LogP contribution in [-0.2, 0) is 9.47 Å². The summed E-state index contributed by atoms with van der Waals surface area (Å²) in [5.41, 5.74) is 0. The molecule has 1 saturated heterocycles. The maximum atomic E-state index is 8.70. The van der Waals surface area contributed by atoms with E-state index in [9.17, 15) is 0 Å². The van der Waals surface area contributed by atoms with Crippen LogP contribution in [0.3, 0.4) is 0 Å². The van der Waals surface area contributed by atoms with Gasteiger partial charge in [0, 0.05) is 6.61 Å². The highest BCUT2D eigenvalue weighted by molar-refractivity contribution is 4.63. The van der Waals surface area contributed by atoms with E-state index in [2.05, 4.69) is 0 Å². The third-order valence-electron chi connectivity index (χ3n) is 1.67. The van der Waals surface area contributed by atoms with Crippen LogP contribution in [0.4, 0.5) is 0 Å². The second kappa shape index (κ2) is 7.48. The predicted octanol–water partition coefficient (Wildman–Crippen LogP) is 0.0301. The van der Waals surface area contributed by atoms with Crippen molar-refractivity contribution in [2.24, 2.45) is 5.92 Å². The van der Waals surface area contributed by atoms with Gasteiger partial charge in [-0.25, -0.2) is 0 Å². The zero-order chi connectivity index (χ0) is 11.0. The zero-order valence-electron chi connectivity index (χ0n) is 7.96. The summed E-state index contributed by atoms with van der Waals surface area (Å²) in [6, 6.07) is 0. The number of aliphatic hydroxyl groups is 1. The molecule has 14 heavy (non-hydrogen) atoms. The molecule has 0 aromatic carbocycles. The summed E-state index contributed by atoms with van der Waals surface area (Å²) in [4.78, 5) is 8.36. The van der Waals surface area contributed by atoms with Crippen molar-refractivity contribution in [3.8, 4) is 0 Å². The van der Waals surface area contributed by atoms with Crippen LogP contribution in [0.5, 0.6) is 0 Å². The van der Waals surface area contributed by atoms with Crippen molar-refractivity contribution in [2.75, 3.05) is 20.0 Å². The van der Waals surface area contributed by atoms with Gasteiger partial charge >= 0.3 is 0 Å². The minimum absolute atomic E-state index is 0.210. The highest BCUT2D eigenvalue weighted by Crippen LogP contribution is 2.12. The molecule has 0 aliphatic carbocycles. The van der Waals surface area contributed by atoms with Crippen LogP contribution >= 0.6 is 0 Å². The van der Waals surface area contributed by atoms with Crippen LogP contribution in [0.1, 0.15) is 13.3 Å². The Kier molecular flexibility index (Phi) is 6.99. The summed E-state index contributed by atoms with van der Waals surface area (Å²) < 4.78 is 10.2. The monoisotopic (exact) mass is 209 g/mol. The molecule has 1 heterocycles. The molecule has 1 fully saturated rings. The highest BCUT2D eigenvalue weighted by atomic mass is 16.9. The van der Waals surface area contributed by atoms with Crippen molar-refractivity contribution in [2.45, 2.75) is 19.4 Å². The molecule has 1 rings (SSSR count). The van der Waals surface area contributed by atoms with Crippen LogP contribution in [0.15, 0.2) is 0 Å². The van der Waals surface area contributed by atoms with Crippen molar-refractivity contribution < 1.29 is 24.9 Å². The van der Waals surface area contributed by atoms with Gasteiger partial charge in [0.2, 0.25) is 0 Å². The van der Waals surface area contributed by atoms with E-state index in [-0.39, 0.29) is 12.7 Å². The minimum atomic E-state index is -1.50. The molecule has 0 bridgehead atoms. The number of rotatable bonds is 3. The van der Waals surface area contributed by atoms with E-state index in [4.69, 9.17) is 29.9 Å². The Balaban J connectivity index is 0.000000364. The van der Waals surface area contributed by atoms with Gasteiger partial charge in [-0.05, 0) is 12.3 Å².